The van der Waals surface area contributed by atoms with Gasteiger partial charge in [0.1, 0.15) is 0 Å². The lowest BCUT2D eigenvalue weighted by Crippen LogP contribution is -2.23. The number of hydrogen-bond acceptors (Lipinski definition) is 3. The number of benzene rings is 1. The van der Waals surface area contributed by atoms with Gasteiger partial charge in [-0.15, -0.1) is 0 Å². The molecule has 0 saturated carbocycles. The highest BCUT2D eigenvalue weighted by molar-refractivity contribution is 5.34. The van der Waals surface area contributed by atoms with E-state index in [0.717, 1.165) is 19.3 Å². The van der Waals surface area contributed by atoms with Crippen molar-refractivity contribution < 1.29 is 5.11 Å². The van der Waals surface area contributed by atoms with E-state index in [1.165, 1.54) is 21.9 Å². The van der Waals surface area contributed by atoms with Crippen molar-refractivity contribution in [1.82, 2.24) is 9.78 Å². The van der Waals surface area contributed by atoms with Crippen molar-refractivity contribution in [3.63, 3.8) is 0 Å². The predicted octanol–water partition coefficient (Wildman–Crippen LogP) is 1.86. The Kier molecular flexibility index (Phi) is 3.65. The first-order chi connectivity index (χ1) is 9.78. The molecular weight excluding hydrogens is 252 g/mol. The summed E-state index contributed by atoms with van der Waals surface area (Å²) < 4.78 is 1.46. The Morgan fingerprint density at radius 3 is 2.95 bits per heavy atom. The standard InChI is InChI=1S/C16H18N2O2/c19-11-14-7-8-16(20)18(17-14)10-9-13-6-5-12-3-1-2-4-15(12)13/h1-4,7-8,13,19H,5-6,9-11H2. The van der Waals surface area contributed by atoms with E-state index in [4.69, 9.17) is 5.11 Å². The number of fused-ring (bicyclic) bond motifs is 1. The van der Waals surface area contributed by atoms with Gasteiger partial charge < -0.3 is 5.11 Å². The first-order valence-corrected chi connectivity index (χ1v) is 7.03. The van der Waals surface area contributed by atoms with Crippen molar-refractivity contribution in [3.05, 3.63) is 63.6 Å². The van der Waals surface area contributed by atoms with Gasteiger partial charge in [-0.1, -0.05) is 24.3 Å². The molecular formula is C16H18N2O2. The quantitative estimate of drug-likeness (QED) is 0.922. The van der Waals surface area contributed by atoms with Gasteiger partial charge in [0.15, 0.2) is 0 Å². The van der Waals surface area contributed by atoms with Crippen LogP contribution in [0.15, 0.2) is 41.2 Å². The number of aromatic nitrogens is 2. The molecule has 1 unspecified atom stereocenters. The van der Waals surface area contributed by atoms with Crippen LogP contribution in [0.5, 0.6) is 0 Å². The van der Waals surface area contributed by atoms with Crippen molar-refractivity contribution in [1.29, 1.82) is 0 Å². The SMILES string of the molecule is O=c1ccc(CO)nn1CCC1CCc2ccccc21. The van der Waals surface area contributed by atoms with Gasteiger partial charge in [0.05, 0.1) is 12.3 Å². The van der Waals surface area contributed by atoms with Crippen LogP contribution in [0.2, 0.25) is 0 Å². The van der Waals surface area contributed by atoms with Crippen LogP contribution in [0, 0.1) is 0 Å². The van der Waals surface area contributed by atoms with Crippen LogP contribution in [-0.2, 0) is 19.6 Å². The smallest absolute Gasteiger partial charge is 0.266 e. The Morgan fingerprint density at radius 2 is 2.10 bits per heavy atom. The Bertz CT molecular complexity index is 664. The summed E-state index contributed by atoms with van der Waals surface area (Å²) in [5.41, 5.74) is 3.28. The second-order valence-electron chi connectivity index (χ2n) is 5.27. The van der Waals surface area contributed by atoms with Gasteiger partial charge in [-0.05, 0) is 42.4 Å². The normalized spacial score (nSPS) is 17.1. The zero-order valence-corrected chi connectivity index (χ0v) is 11.3. The molecule has 0 spiro atoms. The fourth-order valence-electron chi connectivity index (χ4n) is 2.96. The first kappa shape index (κ1) is 13.1. The lowest BCUT2D eigenvalue weighted by molar-refractivity contribution is 0.272. The highest BCUT2D eigenvalue weighted by Crippen LogP contribution is 2.35. The van der Waals surface area contributed by atoms with Crippen molar-refractivity contribution >= 4 is 0 Å². The van der Waals surface area contributed by atoms with Gasteiger partial charge >= 0.3 is 0 Å². The van der Waals surface area contributed by atoms with Crippen LogP contribution in [-0.4, -0.2) is 14.9 Å². The molecule has 2 aromatic rings. The summed E-state index contributed by atoms with van der Waals surface area (Å²) in [7, 11) is 0. The Labute approximate surface area is 117 Å². The maximum absolute atomic E-state index is 11.8. The first-order valence-electron chi connectivity index (χ1n) is 7.03. The van der Waals surface area contributed by atoms with Gasteiger partial charge in [-0.3, -0.25) is 4.79 Å². The summed E-state index contributed by atoms with van der Waals surface area (Å²) in [6.07, 6.45) is 3.19. The van der Waals surface area contributed by atoms with E-state index in [-0.39, 0.29) is 12.2 Å². The summed E-state index contributed by atoms with van der Waals surface area (Å²) in [6.45, 7) is 0.470. The zero-order valence-electron chi connectivity index (χ0n) is 11.3. The van der Waals surface area contributed by atoms with Crippen molar-refractivity contribution in [2.24, 2.45) is 0 Å². The number of rotatable bonds is 4. The molecule has 104 valence electrons. The van der Waals surface area contributed by atoms with Crippen LogP contribution >= 0.6 is 0 Å². The van der Waals surface area contributed by atoms with Crippen LogP contribution in [0.4, 0.5) is 0 Å². The van der Waals surface area contributed by atoms with E-state index in [9.17, 15) is 4.79 Å². The van der Waals surface area contributed by atoms with E-state index < -0.39 is 0 Å². The minimum absolute atomic E-state index is 0.103. The highest BCUT2D eigenvalue weighted by atomic mass is 16.3. The van der Waals surface area contributed by atoms with E-state index >= 15 is 0 Å². The van der Waals surface area contributed by atoms with Gasteiger partial charge in [-0.25, -0.2) is 4.68 Å². The molecule has 1 aliphatic carbocycles. The number of aliphatic hydroxyl groups is 1. The van der Waals surface area contributed by atoms with Crippen molar-refractivity contribution in [2.75, 3.05) is 0 Å². The zero-order chi connectivity index (χ0) is 13.9. The highest BCUT2D eigenvalue weighted by Gasteiger charge is 2.21. The molecule has 0 radical (unpaired) electrons. The molecule has 1 heterocycles. The number of nitrogens with zero attached hydrogens (tertiary/aromatic N) is 2. The molecule has 1 N–H and O–H groups in total. The molecule has 0 amide bonds. The molecule has 1 aromatic carbocycles. The average Bonchev–Trinajstić information content (AvgIpc) is 2.90. The molecule has 0 saturated heterocycles. The lowest BCUT2D eigenvalue weighted by atomic mass is 9.98. The molecule has 4 heteroatoms. The van der Waals surface area contributed by atoms with E-state index in [2.05, 4.69) is 29.4 Å². The summed E-state index contributed by atoms with van der Waals surface area (Å²) in [6, 6.07) is 11.6. The van der Waals surface area contributed by atoms with Gasteiger partial charge in [0.2, 0.25) is 0 Å². The fraction of sp³-hybridized carbons (Fsp3) is 0.375. The topological polar surface area (TPSA) is 55.1 Å². The maximum atomic E-state index is 11.8. The maximum Gasteiger partial charge on any atom is 0.266 e. The molecule has 4 nitrogen and oxygen atoms in total. The van der Waals surface area contributed by atoms with Crippen molar-refractivity contribution in [3.8, 4) is 0 Å². The number of aryl methyl sites for hydroxylation is 2. The van der Waals surface area contributed by atoms with Crippen LogP contribution in [0.1, 0.15) is 35.6 Å². The minimum atomic E-state index is -0.132. The summed E-state index contributed by atoms with van der Waals surface area (Å²) in [4.78, 5) is 11.8. The predicted molar refractivity (Wildman–Crippen MR) is 76.5 cm³/mol. The molecule has 0 aliphatic heterocycles. The third-order valence-corrected chi connectivity index (χ3v) is 4.03. The Morgan fingerprint density at radius 1 is 1.25 bits per heavy atom. The number of aliphatic hydroxyl groups excluding tert-OH is 1. The van der Waals surface area contributed by atoms with E-state index in [1.807, 2.05) is 0 Å². The molecule has 0 bridgehead atoms. The molecule has 20 heavy (non-hydrogen) atoms. The van der Waals surface area contributed by atoms with E-state index in [1.54, 1.807) is 6.07 Å². The monoisotopic (exact) mass is 270 g/mol. The summed E-state index contributed by atoms with van der Waals surface area (Å²) in [5, 5.41) is 13.2. The van der Waals surface area contributed by atoms with E-state index in [0.29, 0.717) is 18.2 Å². The Balaban J connectivity index is 1.73. The number of hydrogen-bond donors (Lipinski definition) is 1. The fourth-order valence-corrected chi connectivity index (χ4v) is 2.96. The largest absolute Gasteiger partial charge is 0.390 e. The summed E-state index contributed by atoms with van der Waals surface area (Å²) >= 11 is 0. The van der Waals surface area contributed by atoms with Gasteiger partial charge in [0, 0.05) is 12.6 Å². The second-order valence-corrected chi connectivity index (χ2v) is 5.27. The molecule has 1 aliphatic rings. The van der Waals surface area contributed by atoms with Crippen LogP contribution in [0.25, 0.3) is 0 Å². The lowest BCUT2D eigenvalue weighted by Gasteiger charge is -2.12. The van der Waals surface area contributed by atoms with Crippen LogP contribution < -0.4 is 5.56 Å². The molecule has 1 aromatic heterocycles. The summed E-state index contributed by atoms with van der Waals surface area (Å²) in [5.74, 6) is 0.512. The molecule has 1 atom stereocenters. The van der Waals surface area contributed by atoms with Crippen molar-refractivity contribution in [2.45, 2.75) is 38.3 Å². The Hall–Kier alpha value is -1.94. The minimum Gasteiger partial charge on any atom is -0.390 e. The molecule has 0 fully saturated rings. The second kappa shape index (κ2) is 5.59. The molecule has 3 rings (SSSR count). The third-order valence-electron chi connectivity index (χ3n) is 4.03. The van der Waals surface area contributed by atoms with Gasteiger partial charge in [-0.2, -0.15) is 5.10 Å². The third kappa shape index (κ3) is 2.51. The van der Waals surface area contributed by atoms with Crippen LogP contribution in [0.3, 0.4) is 0 Å². The average molecular weight is 270 g/mol. The van der Waals surface area contributed by atoms with Gasteiger partial charge in [0.25, 0.3) is 5.56 Å².